The summed E-state index contributed by atoms with van der Waals surface area (Å²) < 4.78 is 0. The van der Waals surface area contributed by atoms with Crippen molar-refractivity contribution in [3.63, 3.8) is 0 Å². The number of anilines is 4. The van der Waals surface area contributed by atoms with Crippen LogP contribution in [0.25, 0.3) is 38.2 Å². The largest absolute Gasteiger partial charge is 0.337 e. The average Bonchev–Trinajstić information content (AvgIpc) is 3.38. The molecular formula is C52H42N2. The first-order chi connectivity index (χ1) is 26.7. The van der Waals surface area contributed by atoms with E-state index < -0.39 is 0 Å². The van der Waals surface area contributed by atoms with Crippen LogP contribution in [-0.4, -0.2) is 6.04 Å². The highest BCUT2D eigenvalue weighted by molar-refractivity contribution is 6.19. The molecule has 1 aliphatic heterocycles. The summed E-state index contributed by atoms with van der Waals surface area (Å²) in [6.07, 6.45) is 14.5. The molecule has 0 spiro atoms. The quantitative estimate of drug-likeness (QED) is 0.160. The summed E-state index contributed by atoms with van der Waals surface area (Å²) in [7, 11) is 0. The molecule has 0 bridgehead atoms. The van der Waals surface area contributed by atoms with E-state index in [1.54, 1.807) is 0 Å². The van der Waals surface area contributed by atoms with E-state index in [9.17, 15) is 0 Å². The van der Waals surface area contributed by atoms with Crippen molar-refractivity contribution < 1.29 is 0 Å². The van der Waals surface area contributed by atoms with Crippen LogP contribution in [0, 0.1) is 11.8 Å². The zero-order chi connectivity index (χ0) is 36.0. The zero-order valence-electron chi connectivity index (χ0n) is 30.5. The Kier molecular flexibility index (Phi) is 8.10. The lowest BCUT2D eigenvalue weighted by Gasteiger charge is -2.34. The van der Waals surface area contributed by atoms with E-state index in [2.05, 4.69) is 211 Å². The molecule has 0 aromatic heterocycles. The van der Waals surface area contributed by atoms with Gasteiger partial charge in [-0.2, -0.15) is 0 Å². The summed E-state index contributed by atoms with van der Waals surface area (Å²) in [5.41, 5.74) is 12.8. The van der Waals surface area contributed by atoms with Crippen molar-refractivity contribution in [3.8, 4) is 11.1 Å². The molecule has 260 valence electrons. The first kappa shape index (κ1) is 32.3. The maximum atomic E-state index is 2.66. The summed E-state index contributed by atoms with van der Waals surface area (Å²) in [5.74, 6) is 0.798. The van der Waals surface area contributed by atoms with E-state index in [0.29, 0.717) is 5.92 Å². The van der Waals surface area contributed by atoms with Gasteiger partial charge in [0.1, 0.15) is 0 Å². The van der Waals surface area contributed by atoms with Crippen LogP contribution in [0.3, 0.4) is 0 Å². The monoisotopic (exact) mass is 694 g/mol. The van der Waals surface area contributed by atoms with Gasteiger partial charge in [-0.25, -0.2) is 0 Å². The Morgan fingerprint density at radius 3 is 1.74 bits per heavy atom. The molecule has 3 unspecified atom stereocenters. The second-order valence-electron chi connectivity index (χ2n) is 15.0. The average molecular weight is 695 g/mol. The highest BCUT2D eigenvalue weighted by Gasteiger charge is 2.40. The van der Waals surface area contributed by atoms with E-state index in [4.69, 9.17) is 0 Å². The summed E-state index contributed by atoms with van der Waals surface area (Å²) in [6, 6.07) is 59.7. The van der Waals surface area contributed by atoms with Gasteiger partial charge in [0.25, 0.3) is 0 Å². The van der Waals surface area contributed by atoms with E-state index in [1.807, 2.05) is 0 Å². The molecule has 2 nitrogen and oxygen atoms in total. The van der Waals surface area contributed by atoms with Crippen molar-refractivity contribution in [1.29, 1.82) is 0 Å². The number of rotatable bonds is 6. The fourth-order valence-electron chi connectivity index (χ4n) is 9.20. The van der Waals surface area contributed by atoms with Crippen molar-refractivity contribution in [2.45, 2.75) is 25.8 Å². The molecule has 0 radical (unpaired) electrons. The van der Waals surface area contributed by atoms with Gasteiger partial charge in [0, 0.05) is 34.4 Å². The van der Waals surface area contributed by atoms with Crippen LogP contribution < -0.4 is 9.80 Å². The molecule has 54 heavy (non-hydrogen) atoms. The lowest BCUT2D eigenvalue weighted by molar-refractivity contribution is 0.574. The Labute approximate surface area is 318 Å². The highest BCUT2D eigenvalue weighted by atomic mass is 15.2. The molecule has 2 aliphatic carbocycles. The standard InChI is InChI=1S/C52H42N2/c1-36-17-15-30-43-48-34-38(52-46-28-13-11-26-44(46)51(37-18-5-2-6-19-37)45-27-12-14-29-47(45)52)31-32-49(48)54(50(43)33-36)42-25-16-24-41(35-42)53(39-20-7-3-8-21-39)40-22-9-4-10-23-40/h2-16,18-32,34-36,48-49H,17,33H2,1H3. The smallest absolute Gasteiger partial charge is 0.0626 e. The number of allylic oxidation sites excluding steroid dienone is 5. The van der Waals surface area contributed by atoms with Gasteiger partial charge in [0.05, 0.1) is 6.04 Å². The number of hydrogen-bond acceptors (Lipinski definition) is 2. The maximum absolute atomic E-state index is 2.66. The Bertz CT molecular complexity index is 2530. The van der Waals surface area contributed by atoms with Crippen molar-refractivity contribution >= 4 is 49.9 Å². The van der Waals surface area contributed by atoms with Crippen LogP contribution in [0.15, 0.2) is 205 Å². The molecule has 2 heteroatoms. The fourth-order valence-corrected chi connectivity index (χ4v) is 9.20. The Morgan fingerprint density at radius 1 is 0.556 bits per heavy atom. The predicted molar refractivity (Wildman–Crippen MR) is 229 cm³/mol. The van der Waals surface area contributed by atoms with E-state index >= 15 is 0 Å². The molecule has 10 rings (SSSR count). The van der Waals surface area contributed by atoms with Crippen LogP contribution >= 0.6 is 0 Å². The van der Waals surface area contributed by atoms with E-state index in [1.165, 1.54) is 60.8 Å². The third-order valence-electron chi connectivity index (χ3n) is 11.5. The van der Waals surface area contributed by atoms with Crippen LogP contribution in [0.5, 0.6) is 0 Å². The minimum Gasteiger partial charge on any atom is -0.337 e. The van der Waals surface area contributed by atoms with E-state index in [0.717, 1.165) is 29.9 Å². The second kappa shape index (κ2) is 13.5. The Morgan fingerprint density at radius 2 is 1.11 bits per heavy atom. The first-order valence-electron chi connectivity index (χ1n) is 19.3. The van der Waals surface area contributed by atoms with Gasteiger partial charge in [0.2, 0.25) is 0 Å². The molecular weight excluding hydrogens is 653 g/mol. The van der Waals surface area contributed by atoms with Crippen LogP contribution in [0.4, 0.5) is 22.7 Å². The molecule has 0 N–H and O–H groups in total. The maximum Gasteiger partial charge on any atom is 0.0626 e. The molecule has 0 amide bonds. The van der Waals surface area contributed by atoms with Crippen molar-refractivity contribution in [1.82, 2.24) is 0 Å². The molecule has 7 aromatic rings. The Balaban J connectivity index is 1.12. The minimum absolute atomic E-state index is 0.187. The van der Waals surface area contributed by atoms with Crippen LogP contribution in [0.1, 0.15) is 25.3 Å². The van der Waals surface area contributed by atoms with Gasteiger partial charge < -0.3 is 9.80 Å². The normalized spacial score (nSPS) is 19.1. The molecule has 3 aliphatic rings. The summed E-state index contributed by atoms with van der Waals surface area (Å²) in [4.78, 5) is 5.02. The summed E-state index contributed by atoms with van der Waals surface area (Å²) in [6.45, 7) is 2.40. The number of benzene rings is 7. The first-order valence-corrected chi connectivity index (χ1v) is 19.3. The van der Waals surface area contributed by atoms with E-state index in [-0.39, 0.29) is 12.0 Å². The summed E-state index contributed by atoms with van der Waals surface area (Å²) in [5, 5.41) is 5.19. The van der Waals surface area contributed by atoms with Crippen molar-refractivity contribution in [2.75, 3.05) is 9.80 Å². The highest BCUT2D eigenvalue weighted by Crippen LogP contribution is 2.50. The van der Waals surface area contributed by atoms with Gasteiger partial charge in [-0.15, -0.1) is 0 Å². The van der Waals surface area contributed by atoms with Crippen molar-refractivity contribution in [2.24, 2.45) is 11.8 Å². The van der Waals surface area contributed by atoms with Gasteiger partial charge in [-0.1, -0.05) is 159 Å². The number of hydrogen-bond donors (Lipinski definition) is 0. The molecule has 7 aromatic carbocycles. The molecule has 3 atom stereocenters. The predicted octanol–water partition coefficient (Wildman–Crippen LogP) is 13.8. The van der Waals surface area contributed by atoms with Gasteiger partial charge in [-0.3, -0.25) is 0 Å². The second-order valence-corrected chi connectivity index (χ2v) is 15.0. The van der Waals surface area contributed by atoms with Gasteiger partial charge >= 0.3 is 0 Å². The topological polar surface area (TPSA) is 6.48 Å². The lowest BCUT2D eigenvalue weighted by atomic mass is 9.81. The number of para-hydroxylation sites is 2. The molecule has 1 heterocycles. The fraction of sp³-hybridized carbons (Fsp3) is 0.115. The third-order valence-corrected chi connectivity index (χ3v) is 11.5. The molecule has 0 fully saturated rings. The number of nitrogens with zero attached hydrogens (tertiary/aromatic N) is 2. The lowest BCUT2D eigenvalue weighted by Crippen LogP contribution is -2.33. The zero-order valence-corrected chi connectivity index (χ0v) is 30.5. The van der Waals surface area contributed by atoms with Gasteiger partial charge in [0.15, 0.2) is 0 Å². The molecule has 0 saturated carbocycles. The van der Waals surface area contributed by atoms with Crippen LogP contribution in [0.2, 0.25) is 0 Å². The minimum atomic E-state index is 0.187. The third kappa shape index (κ3) is 5.49. The van der Waals surface area contributed by atoms with Crippen molar-refractivity contribution in [3.05, 3.63) is 211 Å². The van der Waals surface area contributed by atoms with Gasteiger partial charge in [-0.05, 0) is 111 Å². The number of fused-ring (bicyclic) bond motifs is 4. The molecule has 0 saturated heterocycles. The Hall–Kier alpha value is -6.38. The summed E-state index contributed by atoms with van der Waals surface area (Å²) >= 11 is 0. The van der Waals surface area contributed by atoms with Crippen LogP contribution in [-0.2, 0) is 0 Å². The SMILES string of the molecule is CC1CC=CC2=C(C1)N(c1cccc(N(c3ccccc3)c3ccccc3)c1)C1C=CC(c3c4ccccc4c(-c4ccccc4)c4ccccc34)=CC21.